The van der Waals surface area contributed by atoms with Gasteiger partial charge in [-0.15, -0.1) is 10.2 Å². The maximum Gasteiger partial charge on any atom is 0.319 e. The lowest BCUT2D eigenvalue weighted by molar-refractivity contribution is 0.248. The maximum absolute atomic E-state index is 12.3. The van der Waals surface area contributed by atoms with E-state index in [1.165, 1.54) is 0 Å². The van der Waals surface area contributed by atoms with Crippen LogP contribution in [0.2, 0.25) is 0 Å². The van der Waals surface area contributed by atoms with Gasteiger partial charge in [-0.25, -0.2) is 4.79 Å². The molecule has 0 aliphatic rings. The molecule has 22 heavy (non-hydrogen) atoms. The summed E-state index contributed by atoms with van der Waals surface area (Å²) in [6.07, 6.45) is 1.61. The van der Waals surface area contributed by atoms with Gasteiger partial charge in [-0.05, 0) is 30.9 Å². The molecule has 0 aliphatic heterocycles. The number of rotatable bonds is 4. The van der Waals surface area contributed by atoms with Crippen LogP contribution in [0.25, 0.3) is 0 Å². The molecule has 1 aromatic heterocycles. The van der Waals surface area contributed by atoms with Crippen LogP contribution in [-0.4, -0.2) is 20.8 Å². The number of benzene rings is 1. The molecule has 6 heteroatoms. The van der Waals surface area contributed by atoms with Crippen molar-refractivity contribution in [2.24, 2.45) is 7.05 Å². The van der Waals surface area contributed by atoms with Crippen molar-refractivity contribution in [3.8, 4) is 0 Å². The lowest BCUT2D eigenvalue weighted by atomic mass is 9.98. The number of nitrogens with one attached hydrogen (secondary N) is 2. The van der Waals surface area contributed by atoms with Gasteiger partial charge >= 0.3 is 6.03 Å². The van der Waals surface area contributed by atoms with Crippen LogP contribution in [0.4, 0.5) is 10.5 Å². The van der Waals surface area contributed by atoms with E-state index in [9.17, 15) is 4.79 Å². The Bertz CT molecular complexity index is 662. The maximum atomic E-state index is 12.3. The van der Waals surface area contributed by atoms with Crippen molar-refractivity contribution in [2.45, 2.75) is 39.7 Å². The van der Waals surface area contributed by atoms with E-state index >= 15 is 0 Å². The summed E-state index contributed by atoms with van der Waals surface area (Å²) in [7, 11) is 1.85. The van der Waals surface area contributed by atoms with Crippen molar-refractivity contribution < 1.29 is 4.79 Å². The fraction of sp³-hybridized carbons (Fsp3) is 0.438. The van der Waals surface area contributed by atoms with Crippen molar-refractivity contribution in [1.29, 1.82) is 0 Å². The van der Waals surface area contributed by atoms with Gasteiger partial charge in [0.2, 0.25) is 0 Å². The number of nitrogens with zero attached hydrogens (tertiary/aromatic N) is 3. The first-order valence-electron chi connectivity index (χ1n) is 7.41. The Morgan fingerprint density at radius 3 is 2.59 bits per heavy atom. The van der Waals surface area contributed by atoms with Gasteiger partial charge < -0.3 is 15.2 Å². The topological polar surface area (TPSA) is 71.8 Å². The minimum atomic E-state index is -0.244. The number of carbonyl (C=O) groups is 1. The normalized spacial score (nSPS) is 12.3. The smallest absolute Gasteiger partial charge is 0.319 e. The van der Waals surface area contributed by atoms with Crippen LogP contribution >= 0.6 is 0 Å². The van der Waals surface area contributed by atoms with Crippen LogP contribution in [0.3, 0.4) is 0 Å². The second-order valence-corrected chi connectivity index (χ2v) is 5.81. The molecule has 2 rings (SSSR count). The predicted octanol–water partition coefficient (Wildman–Crippen LogP) is 3.13. The van der Waals surface area contributed by atoms with Crippen LogP contribution < -0.4 is 10.6 Å². The third-order valence-corrected chi connectivity index (χ3v) is 3.65. The van der Waals surface area contributed by atoms with E-state index in [2.05, 4.69) is 34.7 Å². The Hall–Kier alpha value is -2.37. The zero-order valence-corrected chi connectivity index (χ0v) is 13.7. The summed E-state index contributed by atoms with van der Waals surface area (Å²) in [5.41, 5.74) is 3.05. The lowest BCUT2D eigenvalue weighted by Gasteiger charge is -2.18. The van der Waals surface area contributed by atoms with E-state index in [0.717, 1.165) is 16.8 Å². The molecule has 1 atom stereocenters. The summed E-state index contributed by atoms with van der Waals surface area (Å²) in [5, 5.41) is 13.7. The third kappa shape index (κ3) is 3.44. The molecule has 6 nitrogen and oxygen atoms in total. The van der Waals surface area contributed by atoms with Crippen molar-refractivity contribution in [3.63, 3.8) is 0 Å². The van der Waals surface area contributed by atoms with E-state index in [0.29, 0.717) is 11.7 Å². The molecule has 1 heterocycles. The number of anilines is 1. The second-order valence-electron chi connectivity index (χ2n) is 5.81. The van der Waals surface area contributed by atoms with Crippen molar-refractivity contribution in [2.75, 3.05) is 5.32 Å². The number of hydrogen-bond acceptors (Lipinski definition) is 3. The minimum Gasteiger partial charge on any atom is -0.328 e. The second kappa shape index (κ2) is 6.60. The number of aryl methyl sites for hydroxylation is 2. The number of urea groups is 1. The standard InChI is InChI=1S/C16H23N5O/c1-10(2)13-8-6-7-11(3)14(13)19-16(22)18-12(4)15-20-17-9-21(15)5/h6-10,12H,1-5H3,(H2,18,19,22)/t12-/m0/s1. The first kappa shape index (κ1) is 16.0. The molecule has 2 aromatic rings. The molecule has 0 radical (unpaired) electrons. The molecule has 0 saturated carbocycles. The van der Waals surface area contributed by atoms with Crippen LogP contribution in [0.15, 0.2) is 24.5 Å². The summed E-state index contributed by atoms with van der Waals surface area (Å²) in [6.45, 7) is 8.10. The van der Waals surface area contributed by atoms with Gasteiger partial charge in [-0.3, -0.25) is 0 Å². The van der Waals surface area contributed by atoms with E-state index in [4.69, 9.17) is 0 Å². The van der Waals surface area contributed by atoms with Crippen molar-refractivity contribution in [1.82, 2.24) is 20.1 Å². The summed E-state index contributed by atoms with van der Waals surface area (Å²) in [6, 6.07) is 5.58. The van der Waals surface area contributed by atoms with Gasteiger partial charge in [0.15, 0.2) is 5.82 Å². The average Bonchev–Trinajstić information content (AvgIpc) is 2.87. The number of aromatic nitrogens is 3. The average molecular weight is 301 g/mol. The highest BCUT2D eigenvalue weighted by atomic mass is 16.2. The zero-order chi connectivity index (χ0) is 16.3. The molecule has 0 aliphatic carbocycles. The number of carbonyl (C=O) groups excluding carboxylic acids is 1. The molecule has 1 aromatic carbocycles. The van der Waals surface area contributed by atoms with Crippen LogP contribution in [0, 0.1) is 6.92 Å². The van der Waals surface area contributed by atoms with Gasteiger partial charge in [0, 0.05) is 12.7 Å². The fourth-order valence-corrected chi connectivity index (χ4v) is 2.44. The predicted molar refractivity (Wildman–Crippen MR) is 86.8 cm³/mol. The highest BCUT2D eigenvalue weighted by Crippen LogP contribution is 2.27. The zero-order valence-electron chi connectivity index (χ0n) is 13.7. The quantitative estimate of drug-likeness (QED) is 0.911. The molecular formula is C16H23N5O. The van der Waals surface area contributed by atoms with Gasteiger partial charge in [0.25, 0.3) is 0 Å². The Balaban J connectivity index is 2.11. The molecule has 0 unspecified atom stereocenters. The largest absolute Gasteiger partial charge is 0.328 e. The summed E-state index contributed by atoms with van der Waals surface area (Å²) < 4.78 is 1.79. The number of para-hydroxylation sites is 1. The van der Waals surface area contributed by atoms with Gasteiger partial charge in [-0.1, -0.05) is 32.0 Å². The molecule has 0 saturated heterocycles. The van der Waals surface area contributed by atoms with Crippen LogP contribution in [0.5, 0.6) is 0 Å². The van der Waals surface area contributed by atoms with Gasteiger partial charge in [0.1, 0.15) is 6.33 Å². The summed E-state index contributed by atoms with van der Waals surface area (Å²) in [5.74, 6) is 1.05. The van der Waals surface area contributed by atoms with E-state index in [1.807, 2.05) is 39.1 Å². The molecule has 118 valence electrons. The van der Waals surface area contributed by atoms with E-state index in [1.54, 1.807) is 10.9 Å². The van der Waals surface area contributed by atoms with Crippen molar-refractivity contribution in [3.05, 3.63) is 41.5 Å². The molecule has 0 spiro atoms. The minimum absolute atomic E-state index is 0.223. The van der Waals surface area contributed by atoms with Gasteiger partial charge in [0.05, 0.1) is 6.04 Å². The molecule has 2 N–H and O–H groups in total. The lowest BCUT2D eigenvalue weighted by Crippen LogP contribution is -2.33. The van der Waals surface area contributed by atoms with E-state index < -0.39 is 0 Å². The Labute approximate surface area is 130 Å². The molecule has 0 bridgehead atoms. The first-order chi connectivity index (χ1) is 10.4. The Morgan fingerprint density at radius 2 is 2.00 bits per heavy atom. The van der Waals surface area contributed by atoms with Gasteiger partial charge in [-0.2, -0.15) is 0 Å². The van der Waals surface area contributed by atoms with Crippen molar-refractivity contribution >= 4 is 11.7 Å². The molecular weight excluding hydrogens is 278 g/mol. The monoisotopic (exact) mass is 301 g/mol. The first-order valence-corrected chi connectivity index (χ1v) is 7.41. The fourth-order valence-electron chi connectivity index (χ4n) is 2.44. The highest BCUT2D eigenvalue weighted by molar-refractivity contribution is 5.91. The SMILES string of the molecule is Cc1cccc(C(C)C)c1NC(=O)N[C@@H](C)c1nncn1C. The third-order valence-electron chi connectivity index (χ3n) is 3.65. The van der Waals surface area contributed by atoms with E-state index in [-0.39, 0.29) is 12.1 Å². The summed E-state index contributed by atoms with van der Waals surface area (Å²) >= 11 is 0. The number of amides is 2. The number of hydrogen-bond donors (Lipinski definition) is 2. The van der Waals surface area contributed by atoms with Crippen LogP contribution in [-0.2, 0) is 7.05 Å². The summed E-state index contributed by atoms with van der Waals surface area (Å²) in [4.78, 5) is 12.3. The Kier molecular flexibility index (Phi) is 4.80. The van der Waals surface area contributed by atoms with Crippen LogP contribution in [0.1, 0.15) is 49.7 Å². The molecule has 2 amide bonds. The molecule has 0 fully saturated rings. The highest BCUT2D eigenvalue weighted by Gasteiger charge is 2.16. The Morgan fingerprint density at radius 1 is 1.27 bits per heavy atom.